The van der Waals surface area contributed by atoms with E-state index in [0.717, 1.165) is 12.8 Å². The number of amides is 4. The Kier molecular flexibility index (Phi) is 6.15. The minimum absolute atomic E-state index is 0.00710. The van der Waals surface area contributed by atoms with Gasteiger partial charge in [0.15, 0.2) is 17.3 Å². The van der Waals surface area contributed by atoms with Crippen molar-refractivity contribution in [1.29, 1.82) is 0 Å². The molecule has 2 atom stereocenters. The van der Waals surface area contributed by atoms with Crippen LogP contribution in [0, 0.1) is 11.8 Å². The molecule has 1 fully saturated rings. The van der Waals surface area contributed by atoms with Crippen LogP contribution in [-0.2, 0) is 16.1 Å². The van der Waals surface area contributed by atoms with E-state index < -0.39 is 11.8 Å². The average Bonchev–Trinajstić information content (AvgIpc) is 3.54. The number of aromatic nitrogens is 5. The number of anilines is 1. The molecule has 3 aromatic rings. The number of imidazole rings is 2. The highest BCUT2D eigenvalue weighted by Crippen LogP contribution is 2.34. The maximum absolute atomic E-state index is 13.5. The van der Waals surface area contributed by atoms with Crippen molar-refractivity contribution in [3.8, 4) is 0 Å². The molecule has 1 saturated heterocycles. The minimum atomic E-state index is -0.652. The molecule has 13 nitrogen and oxygen atoms in total. The molecule has 6 rings (SSSR count). The number of Topliss-reactive ketones (excluding diaryl/α,β-unsaturated/α-hetero) is 1. The van der Waals surface area contributed by atoms with Gasteiger partial charge in [-0.1, -0.05) is 13.8 Å². The molecule has 0 radical (unpaired) electrons. The number of ketones is 1. The van der Waals surface area contributed by atoms with Crippen LogP contribution in [0.1, 0.15) is 55.6 Å². The van der Waals surface area contributed by atoms with Gasteiger partial charge in [-0.15, -0.1) is 0 Å². The van der Waals surface area contributed by atoms with Crippen molar-refractivity contribution in [2.45, 2.75) is 46.2 Å². The van der Waals surface area contributed by atoms with Crippen molar-refractivity contribution in [3.05, 3.63) is 41.7 Å². The van der Waals surface area contributed by atoms with Crippen LogP contribution in [0.2, 0.25) is 0 Å². The average molecular weight is 546 g/mol. The number of piperidine rings is 1. The van der Waals surface area contributed by atoms with E-state index in [2.05, 4.69) is 41.2 Å². The number of carbonyl (C=O) groups excluding carboxylic acids is 4. The summed E-state index contributed by atoms with van der Waals surface area (Å²) in [7, 11) is 0. The Labute approximate surface area is 230 Å². The first-order chi connectivity index (χ1) is 19.1. The van der Waals surface area contributed by atoms with Crippen molar-refractivity contribution >= 4 is 46.2 Å². The fourth-order valence-corrected chi connectivity index (χ4v) is 5.84. The molecule has 0 spiro atoms. The molecule has 3 aliphatic rings. The molecule has 40 heavy (non-hydrogen) atoms. The summed E-state index contributed by atoms with van der Waals surface area (Å²) in [5.41, 5.74) is 6.88. The molecule has 3 aliphatic heterocycles. The van der Waals surface area contributed by atoms with E-state index in [1.807, 2.05) is 4.90 Å². The van der Waals surface area contributed by atoms with E-state index in [4.69, 9.17) is 5.73 Å². The van der Waals surface area contributed by atoms with Gasteiger partial charge in [-0.3, -0.25) is 19.7 Å². The molecule has 2 unspecified atom stereocenters. The van der Waals surface area contributed by atoms with Crippen LogP contribution in [0.4, 0.5) is 10.6 Å². The van der Waals surface area contributed by atoms with Gasteiger partial charge < -0.3 is 20.1 Å². The van der Waals surface area contributed by atoms with Crippen molar-refractivity contribution in [3.63, 3.8) is 0 Å². The second-order valence-corrected chi connectivity index (χ2v) is 11.0. The summed E-state index contributed by atoms with van der Waals surface area (Å²) in [6, 6.07) is 3.33. The van der Waals surface area contributed by atoms with E-state index in [0.29, 0.717) is 37.1 Å². The number of urea groups is 1. The van der Waals surface area contributed by atoms with E-state index >= 15 is 0 Å². The fourth-order valence-electron chi connectivity index (χ4n) is 5.84. The van der Waals surface area contributed by atoms with Crippen LogP contribution < -0.4 is 11.1 Å². The van der Waals surface area contributed by atoms with Crippen LogP contribution in [0.15, 0.2) is 24.5 Å². The highest BCUT2D eigenvalue weighted by Gasteiger charge is 2.39. The summed E-state index contributed by atoms with van der Waals surface area (Å²) in [6.45, 7) is 7.58. The monoisotopic (exact) mass is 545 g/mol. The molecule has 13 heteroatoms. The normalized spacial score (nSPS) is 21.9. The topological polar surface area (TPSA) is 161 Å². The van der Waals surface area contributed by atoms with Gasteiger partial charge in [0.25, 0.3) is 11.8 Å². The van der Waals surface area contributed by atoms with E-state index in [1.165, 1.54) is 10.7 Å². The SMILES string of the molecule is CC(C)C1CCC(C)N(C(=O)N2CCn3cc(C4=C(c5c(N)nc6cccnn56)C(=O)NC4=O)nc3C(=O)C2)C1. The Morgan fingerprint density at radius 3 is 2.65 bits per heavy atom. The maximum atomic E-state index is 13.5. The molecule has 3 aromatic heterocycles. The van der Waals surface area contributed by atoms with E-state index in [9.17, 15) is 19.2 Å². The predicted molar refractivity (Wildman–Crippen MR) is 145 cm³/mol. The zero-order valence-electron chi connectivity index (χ0n) is 22.6. The second-order valence-electron chi connectivity index (χ2n) is 11.0. The van der Waals surface area contributed by atoms with Gasteiger partial charge in [0.2, 0.25) is 5.78 Å². The molecule has 0 saturated carbocycles. The number of fused-ring (bicyclic) bond motifs is 2. The molecule has 0 bridgehead atoms. The Balaban J connectivity index is 1.31. The summed E-state index contributed by atoms with van der Waals surface area (Å²) in [5, 5.41) is 6.54. The summed E-state index contributed by atoms with van der Waals surface area (Å²) in [6.07, 6.45) is 5.11. The molecule has 4 amide bonds. The number of nitrogens with zero attached hydrogens (tertiary/aromatic N) is 7. The number of nitrogens with one attached hydrogen (secondary N) is 1. The van der Waals surface area contributed by atoms with Gasteiger partial charge in [0.05, 0.1) is 23.4 Å². The lowest BCUT2D eigenvalue weighted by atomic mass is 9.85. The highest BCUT2D eigenvalue weighted by molar-refractivity contribution is 6.49. The van der Waals surface area contributed by atoms with Crippen molar-refractivity contribution in [2.24, 2.45) is 11.8 Å². The van der Waals surface area contributed by atoms with Crippen molar-refractivity contribution in [1.82, 2.24) is 39.3 Å². The van der Waals surface area contributed by atoms with Crippen molar-refractivity contribution < 1.29 is 19.2 Å². The first-order valence-corrected chi connectivity index (χ1v) is 13.5. The van der Waals surface area contributed by atoms with Crippen LogP contribution in [0.25, 0.3) is 16.8 Å². The molecular formula is C27H31N9O4. The van der Waals surface area contributed by atoms with Crippen molar-refractivity contribution in [2.75, 3.05) is 25.4 Å². The molecule has 6 heterocycles. The van der Waals surface area contributed by atoms with Crippen LogP contribution in [-0.4, -0.2) is 83.3 Å². The van der Waals surface area contributed by atoms with Gasteiger partial charge in [0.1, 0.15) is 5.69 Å². The molecule has 0 aliphatic carbocycles. The minimum Gasteiger partial charge on any atom is -0.382 e. The maximum Gasteiger partial charge on any atom is 0.320 e. The fraction of sp³-hybridized carbons (Fsp3) is 0.444. The standard InChI is InChI=1S/C27H31N9O4/c1-14(2)16-7-6-15(3)35(11-16)27(40)34-10-9-33-12-17(30-24(33)18(37)13-34)20-21(26(39)32-25(20)38)22-23(28)31-19-5-4-8-29-36(19)22/h4-5,8,12,14-16H,6-7,9-11,13,28H2,1-3H3,(H,32,38,39). The molecule has 3 N–H and O–H groups in total. The smallest absolute Gasteiger partial charge is 0.320 e. The number of likely N-dealkylation sites (tertiary alicyclic amines) is 1. The van der Waals surface area contributed by atoms with Gasteiger partial charge >= 0.3 is 6.03 Å². The number of nitrogens with two attached hydrogens (primary N) is 1. The first-order valence-electron chi connectivity index (χ1n) is 13.5. The number of carbonyl (C=O) groups is 4. The number of hydrogen-bond donors (Lipinski definition) is 2. The highest BCUT2D eigenvalue weighted by atomic mass is 16.2. The number of nitrogen functional groups attached to an aromatic ring is 1. The van der Waals surface area contributed by atoms with E-state index in [1.54, 1.807) is 27.8 Å². The Morgan fingerprint density at radius 2 is 1.88 bits per heavy atom. The number of rotatable bonds is 3. The van der Waals surface area contributed by atoms with Gasteiger partial charge in [-0.2, -0.15) is 5.10 Å². The quantitative estimate of drug-likeness (QED) is 0.468. The van der Waals surface area contributed by atoms with Crippen LogP contribution in [0.3, 0.4) is 0 Å². The molecular weight excluding hydrogens is 514 g/mol. The second kappa shape index (κ2) is 9.57. The lowest BCUT2D eigenvalue weighted by Gasteiger charge is -2.41. The summed E-state index contributed by atoms with van der Waals surface area (Å²) in [4.78, 5) is 64.9. The third-order valence-corrected chi connectivity index (χ3v) is 8.19. The third-order valence-electron chi connectivity index (χ3n) is 8.19. The number of imide groups is 1. The lowest BCUT2D eigenvalue weighted by molar-refractivity contribution is -0.122. The first kappa shape index (κ1) is 25.7. The zero-order valence-corrected chi connectivity index (χ0v) is 22.6. The lowest BCUT2D eigenvalue weighted by Crippen LogP contribution is -2.53. The summed E-state index contributed by atoms with van der Waals surface area (Å²) >= 11 is 0. The zero-order chi connectivity index (χ0) is 28.3. The Hall–Kier alpha value is -4.55. The predicted octanol–water partition coefficient (Wildman–Crippen LogP) is 1.45. The largest absolute Gasteiger partial charge is 0.382 e. The summed E-state index contributed by atoms with van der Waals surface area (Å²) in [5.74, 6) is -0.579. The van der Waals surface area contributed by atoms with Gasteiger partial charge in [0, 0.05) is 38.1 Å². The summed E-state index contributed by atoms with van der Waals surface area (Å²) < 4.78 is 3.03. The Bertz CT molecular complexity index is 1600. The van der Waals surface area contributed by atoms with Gasteiger partial charge in [-0.25, -0.2) is 19.3 Å². The molecule has 208 valence electrons. The van der Waals surface area contributed by atoms with Crippen LogP contribution >= 0.6 is 0 Å². The third kappa shape index (κ3) is 4.12. The van der Waals surface area contributed by atoms with Gasteiger partial charge in [-0.05, 0) is 43.7 Å². The van der Waals surface area contributed by atoms with Crippen LogP contribution in [0.5, 0.6) is 0 Å². The Morgan fingerprint density at radius 1 is 1.10 bits per heavy atom. The number of hydrogen-bond acceptors (Lipinski definition) is 8. The molecule has 0 aromatic carbocycles. The van der Waals surface area contributed by atoms with E-state index in [-0.39, 0.29) is 58.6 Å².